The van der Waals surface area contributed by atoms with Crippen LogP contribution in [0.2, 0.25) is 5.02 Å². The highest BCUT2D eigenvalue weighted by Crippen LogP contribution is 2.43. The van der Waals surface area contributed by atoms with Gasteiger partial charge in [-0.25, -0.2) is 8.42 Å². The maximum Gasteiger partial charge on any atom is 0.511 e. The molecule has 1 aromatic rings. The van der Waals surface area contributed by atoms with Crippen LogP contribution in [0.5, 0.6) is 0 Å². The maximum atomic E-state index is 12.5. The summed E-state index contributed by atoms with van der Waals surface area (Å²) in [6.45, 7) is 1.69. The average molecular weight is 346 g/mol. The molecule has 0 amide bonds. The summed E-state index contributed by atoms with van der Waals surface area (Å²) in [5.41, 5.74) is -4.84. The monoisotopic (exact) mass is 345 g/mol. The minimum absolute atomic E-state index is 0.275. The first-order valence-corrected chi connectivity index (χ1v) is 8.48. The van der Waals surface area contributed by atoms with Crippen molar-refractivity contribution in [3.8, 4) is 0 Å². The molecule has 1 aliphatic rings. The van der Waals surface area contributed by atoms with Gasteiger partial charge in [0.15, 0.2) is 0 Å². The molecule has 1 N–H and O–H groups in total. The lowest BCUT2D eigenvalue weighted by atomic mass is 9.96. The van der Waals surface area contributed by atoms with Crippen LogP contribution in [0.15, 0.2) is 23.1 Å². The van der Waals surface area contributed by atoms with E-state index in [1.54, 1.807) is 29.8 Å². The maximum absolute atomic E-state index is 12.5. The van der Waals surface area contributed by atoms with Crippen molar-refractivity contribution in [3.05, 3.63) is 28.8 Å². The molecule has 2 rings (SSSR count). The van der Waals surface area contributed by atoms with Crippen molar-refractivity contribution in [2.75, 3.05) is 5.75 Å². The predicted molar refractivity (Wildman–Crippen MR) is 72.2 cm³/mol. The van der Waals surface area contributed by atoms with E-state index in [9.17, 15) is 21.6 Å². The summed E-state index contributed by atoms with van der Waals surface area (Å²) < 4.78 is 61.8. The van der Waals surface area contributed by atoms with Gasteiger partial charge in [0.1, 0.15) is 0 Å². The Morgan fingerprint density at radius 1 is 1.40 bits per heavy atom. The molecule has 9 heteroatoms. The molecule has 0 fully saturated rings. The van der Waals surface area contributed by atoms with Gasteiger partial charge in [-0.2, -0.15) is 17.9 Å². The Morgan fingerprint density at radius 2 is 2.05 bits per heavy atom. The molecular formula is C11H11ClF3NO2S2. The second-order valence-electron chi connectivity index (χ2n) is 4.49. The number of hydrogen-bond acceptors (Lipinski definition) is 3. The van der Waals surface area contributed by atoms with Crippen molar-refractivity contribution in [3.63, 3.8) is 0 Å². The van der Waals surface area contributed by atoms with Crippen LogP contribution in [-0.4, -0.2) is 19.7 Å². The molecule has 0 aromatic heterocycles. The number of halogens is 4. The smallest absolute Gasteiger partial charge is 0.203 e. The molecule has 2 atom stereocenters. The Balaban J connectivity index is 2.41. The normalized spacial score (nSPS) is 23.4. The summed E-state index contributed by atoms with van der Waals surface area (Å²) in [5.74, 6) is 0.213. The van der Waals surface area contributed by atoms with Crippen molar-refractivity contribution in [2.24, 2.45) is 5.92 Å². The second kappa shape index (κ2) is 5.40. The number of alkyl halides is 3. The second-order valence-corrected chi connectivity index (χ2v) is 7.63. The molecule has 0 saturated heterocycles. The van der Waals surface area contributed by atoms with E-state index in [-0.39, 0.29) is 5.92 Å². The summed E-state index contributed by atoms with van der Waals surface area (Å²) in [6, 6.07) is 3.87. The molecule has 0 saturated carbocycles. The lowest BCUT2D eigenvalue weighted by Gasteiger charge is -2.32. The molecule has 1 aliphatic heterocycles. The van der Waals surface area contributed by atoms with Gasteiger partial charge < -0.3 is 0 Å². The van der Waals surface area contributed by atoms with Gasteiger partial charge in [-0.3, -0.25) is 0 Å². The van der Waals surface area contributed by atoms with Crippen LogP contribution >= 0.6 is 23.4 Å². The van der Waals surface area contributed by atoms with Crippen LogP contribution in [0.25, 0.3) is 0 Å². The SMILES string of the molecule is C[C@H]1CSc2c(Cl)cccc2[C@H]1NS(=O)(=O)C(F)(F)F. The molecule has 20 heavy (non-hydrogen) atoms. The molecule has 0 unspecified atom stereocenters. The molecule has 0 aliphatic carbocycles. The summed E-state index contributed by atoms with van der Waals surface area (Å²) in [7, 11) is -5.39. The van der Waals surface area contributed by atoms with Gasteiger partial charge in [0.25, 0.3) is 0 Å². The van der Waals surface area contributed by atoms with Crippen molar-refractivity contribution in [2.45, 2.75) is 23.4 Å². The van der Waals surface area contributed by atoms with Crippen LogP contribution in [0.3, 0.4) is 0 Å². The van der Waals surface area contributed by atoms with Gasteiger partial charge >= 0.3 is 15.5 Å². The topological polar surface area (TPSA) is 46.2 Å². The number of thioether (sulfide) groups is 1. The number of hydrogen-bond donors (Lipinski definition) is 1. The fourth-order valence-corrected chi connectivity index (χ4v) is 4.32. The van der Waals surface area contributed by atoms with Crippen LogP contribution < -0.4 is 4.72 Å². The zero-order valence-electron chi connectivity index (χ0n) is 10.2. The van der Waals surface area contributed by atoms with E-state index in [1.165, 1.54) is 11.8 Å². The first-order chi connectivity index (χ1) is 9.13. The van der Waals surface area contributed by atoms with Crippen molar-refractivity contribution in [1.29, 1.82) is 0 Å². The number of benzene rings is 1. The lowest BCUT2D eigenvalue weighted by molar-refractivity contribution is -0.0452. The fourth-order valence-electron chi connectivity index (χ4n) is 1.95. The van der Waals surface area contributed by atoms with Gasteiger partial charge in [-0.15, -0.1) is 11.8 Å². The number of sulfonamides is 1. The van der Waals surface area contributed by atoms with E-state index in [0.717, 1.165) is 0 Å². The predicted octanol–water partition coefficient (Wildman–Crippen LogP) is 3.56. The highest BCUT2D eigenvalue weighted by molar-refractivity contribution is 7.99. The zero-order valence-corrected chi connectivity index (χ0v) is 12.6. The number of fused-ring (bicyclic) bond motifs is 1. The molecule has 3 nitrogen and oxygen atoms in total. The molecule has 1 heterocycles. The first kappa shape index (κ1) is 15.9. The van der Waals surface area contributed by atoms with Crippen LogP contribution in [0, 0.1) is 5.92 Å². The van der Waals surface area contributed by atoms with Gasteiger partial charge in [-0.1, -0.05) is 30.7 Å². The first-order valence-electron chi connectivity index (χ1n) is 5.63. The Kier molecular flexibility index (Phi) is 4.30. The largest absolute Gasteiger partial charge is 0.511 e. The van der Waals surface area contributed by atoms with Gasteiger partial charge in [0.05, 0.1) is 11.1 Å². The highest BCUT2D eigenvalue weighted by Gasteiger charge is 2.48. The van der Waals surface area contributed by atoms with E-state index in [2.05, 4.69) is 0 Å². The van der Waals surface area contributed by atoms with Gasteiger partial charge in [0, 0.05) is 10.6 Å². The van der Waals surface area contributed by atoms with Crippen LogP contribution in [0.1, 0.15) is 18.5 Å². The van der Waals surface area contributed by atoms with Crippen LogP contribution in [0.4, 0.5) is 13.2 Å². The molecular weight excluding hydrogens is 335 g/mol. The average Bonchev–Trinajstić information content (AvgIpc) is 2.31. The van der Waals surface area contributed by atoms with Crippen molar-refractivity contribution < 1.29 is 21.6 Å². The lowest BCUT2D eigenvalue weighted by Crippen LogP contribution is -2.42. The third kappa shape index (κ3) is 2.93. The summed E-state index contributed by atoms with van der Waals surface area (Å²) in [6.07, 6.45) is 0. The van der Waals surface area contributed by atoms with E-state index < -0.39 is 21.6 Å². The molecule has 1 aromatic carbocycles. The van der Waals surface area contributed by atoms with Crippen molar-refractivity contribution in [1.82, 2.24) is 4.72 Å². The van der Waals surface area contributed by atoms with E-state index in [1.807, 2.05) is 0 Å². The zero-order chi connectivity index (χ0) is 15.1. The van der Waals surface area contributed by atoms with Crippen LogP contribution in [-0.2, 0) is 10.0 Å². The third-order valence-corrected chi connectivity index (χ3v) is 6.02. The molecule has 112 valence electrons. The van der Waals surface area contributed by atoms with E-state index >= 15 is 0 Å². The number of nitrogens with one attached hydrogen (secondary N) is 1. The Bertz CT molecular complexity index is 619. The van der Waals surface area contributed by atoms with Crippen molar-refractivity contribution >= 4 is 33.4 Å². The molecule has 0 bridgehead atoms. The Hall–Kier alpha value is -0.440. The molecule has 0 radical (unpaired) electrons. The Morgan fingerprint density at radius 3 is 2.65 bits per heavy atom. The standard InChI is InChI=1S/C11H11ClF3NO2S2/c1-6-5-19-10-7(3-2-4-8(10)12)9(6)16-20(17,18)11(13,14)15/h2-4,6,9,16H,5H2,1H3/t6-,9-/m0/s1. The summed E-state index contributed by atoms with van der Waals surface area (Å²) in [4.78, 5) is 0.627. The van der Waals surface area contributed by atoms with E-state index in [0.29, 0.717) is 21.2 Å². The quantitative estimate of drug-likeness (QED) is 0.891. The molecule has 0 spiro atoms. The highest BCUT2D eigenvalue weighted by atomic mass is 35.5. The van der Waals surface area contributed by atoms with Gasteiger partial charge in [0.2, 0.25) is 0 Å². The summed E-state index contributed by atoms with van der Waals surface area (Å²) in [5, 5.41) is 0.413. The number of rotatable bonds is 2. The fraction of sp³-hybridized carbons (Fsp3) is 0.455. The third-order valence-electron chi connectivity index (χ3n) is 2.98. The summed E-state index contributed by atoms with van der Waals surface area (Å²) >= 11 is 7.41. The Labute approximate surface area is 123 Å². The minimum atomic E-state index is -5.39. The van der Waals surface area contributed by atoms with E-state index in [4.69, 9.17) is 11.6 Å². The minimum Gasteiger partial charge on any atom is -0.203 e. The van der Waals surface area contributed by atoms with Gasteiger partial charge in [-0.05, 0) is 17.5 Å².